The Bertz CT molecular complexity index is 434. The summed E-state index contributed by atoms with van der Waals surface area (Å²) in [5, 5.41) is 0. The van der Waals surface area contributed by atoms with E-state index >= 15 is 0 Å². The molecule has 0 heterocycles. The normalized spacial score (nSPS) is 10.6. The molecule has 0 fully saturated rings. The number of hydrogen-bond acceptors (Lipinski definition) is 5. The molecule has 0 aromatic heterocycles. The molecule has 20 heavy (non-hydrogen) atoms. The van der Waals surface area contributed by atoms with Crippen molar-refractivity contribution in [2.75, 3.05) is 14.2 Å². The van der Waals surface area contributed by atoms with Crippen LogP contribution in [0.4, 0.5) is 0 Å². The molecule has 0 spiro atoms. The summed E-state index contributed by atoms with van der Waals surface area (Å²) in [6.07, 6.45) is -0.104. The van der Waals surface area contributed by atoms with Crippen LogP contribution in [0.3, 0.4) is 0 Å². The standard InChI is InChI=1S/C15H22O5/c1-9(2)19-12-7-11(15(16)18-6)8-13(14(12)17-5)20-10(3)4/h7-10H,1-6H3. The predicted octanol–water partition coefficient (Wildman–Crippen LogP) is 3.06. The zero-order chi connectivity index (χ0) is 15.3. The highest BCUT2D eigenvalue weighted by molar-refractivity contribution is 5.91. The Balaban J connectivity index is 3.34. The van der Waals surface area contributed by atoms with E-state index in [1.54, 1.807) is 12.1 Å². The van der Waals surface area contributed by atoms with Crippen molar-refractivity contribution < 1.29 is 23.7 Å². The van der Waals surface area contributed by atoms with Crippen molar-refractivity contribution in [2.45, 2.75) is 39.9 Å². The molecule has 1 rings (SSSR count). The maximum Gasteiger partial charge on any atom is 0.338 e. The van der Waals surface area contributed by atoms with Crippen LogP contribution in [0.15, 0.2) is 12.1 Å². The molecule has 0 amide bonds. The maximum atomic E-state index is 11.7. The van der Waals surface area contributed by atoms with Crippen LogP contribution in [0.5, 0.6) is 17.2 Å². The van der Waals surface area contributed by atoms with Gasteiger partial charge in [0.25, 0.3) is 0 Å². The molecule has 0 aliphatic rings. The summed E-state index contributed by atoms with van der Waals surface area (Å²) in [7, 11) is 2.87. The number of benzene rings is 1. The van der Waals surface area contributed by atoms with E-state index in [2.05, 4.69) is 0 Å². The molecular weight excluding hydrogens is 260 g/mol. The highest BCUT2D eigenvalue weighted by Gasteiger charge is 2.19. The monoisotopic (exact) mass is 282 g/mol. The zero-order valence-corrected chi connectivity index (χ0v) is 12.9. The van der Waals surface area contributed by atoms with E-state index < -0.39 is 5.97 Å². The first-order chi connectivity index (χ1) is 9.38. The molecule has 0 aliphatic carbocycles. The molecular formula is C15H22O5. The van der Waals surface area contributed by atoms with Gasteiger partial charge in [0, 0.05) is 0 Å². The van der Waals surface area contributed by atoms with Crippen LogP contribution in [-0.4, -0.2) is 32.4 Å². The third kappa shape index (κ3) is 4.05. The lowest BCUT2D eigenvalue weighted by atomic mass is 10.1. The number of ether oxygens (including phenoxy) is 4. The van der Waals surface area contributed by atoms with E-state index in [1.165, 1.54) is 14.2 Å². The summed E-state index contributed by atoms with van der Waals surface area (Å²) in [6, 6.07) is 3.19. The molecule has 0 radical (unpaired) electrons. The average molecular weight is 282 g/mol. The highest BCUT2D eigenvalue weighted by Crippen LogP contribution is 2.39. The van der Waals surface area contributed by atoms with E-state index in [0.29, 0.717) is 22.8 Å². The van der Waals surface area contributed by atoms with Gasteiger partial charge in [0.15, 0.2) is 11.5 Å². The van der Waals surface area contributed by atoms with Gasteiger partial charge in [-0.25, -0.2) is 4.79 Å². The van der Waals surface area contributed by atoms with Gasteiger partial charge in [0.2, 0.25) is 5.75 Å². The quantitative estimate of drug-likeness (QED) is 0.751. The zero-order valence-electron chi connectivity index (χ0n) is 12.9. The minimum absolute atomic E-state index is 0.0521. The van der Waals surface area contributed by atoms with Crippen molar-refractivity contribution in [3.8, 4) is 17.2 Å². The fourth-order valence-corrected chi connectivity index (χ4v) is 1.70. The Hall–Kier alpha value is -1.91. The number of carbonyl (C=O) groups excluding carboxylic acids is 1. The van der Waals surface area contributed by atoms with E-state index in [9.17, 15) is 4.79 Å². The third-order valence-corrected chi connectivity index (χ3v) is 2.37. The van der Waals surface area contributed by atoms with Crippen LogP contribution < -0.4 is 14.2 Å². The molecule has 0 saturated carbocycles. The molecule has 0 aliphatic heterocycles. The Morgan fingerprint density at radius 3 is 1.70 bits per heavy atom. The number of methoxy groups -OCH3 is 2. The van der Waals surface area contributed by atoms with Crippen LogP contribution in [-0.2, 0) is 4.74 Å². The largest absolute Gasteiger partial charge is 0.490 e. The molecule has 0 atom stereocenters. The molecule has 5 heteroatoms. The third-order valence-electron chi connectivity index (χ3n) is 2.37. The maximum absolute atomic E-state index is 11.7. The van der Waals surface area contributed by atoms with Gasteiger partial charge in [0.05, 0.1) is 32.0 Å². The van der Waals surface area contributed by atoms with E-state index in [-0.39, 0.29) is 12.2 Å². The van der Waals surface area contributed by atoms with Gasteiger partial charge in [-0.2, -0.15) is 0 Å². The smallest absolute Gasteiger partial charge is 0.338 e. The average Bonchev–Trinajstić information content (AvgIpc) is 2.36. The SMILES string of the molecule is COC(=O)c1cc(OC(C)C)c(OC)c(OC(C)C)c1. The lowest BCUT2D eigenvalue weighted by molar-refractivity contribution is 0.0599. The summed E-state index contributed by atoms with van der Waals surface area (Å²) in [5.41, 5.74) is 0.361. The second-order valence-corrected chi connectivity index (χ2v) is 4.83. The van der Waals surface area contributed by atoms with Crippen LogP contribution in [0.25, 0.3) is 0 Å². The highest BCUT2D eigenvalue weighted by atomic mass is 16.5. The van der Waals surface area contributed by atoms with Gasteiger partial charge in [-0.3, -0.25) is 0 Å². The van der Waals surface area contributed by atoms with Crippen molar-refractivity contribution in [2.24, 2.45) is 0 Å². The summed E-state index contributed by atoms with van der Waals surface area (Å²) in [4.78, 5) is 11.7. The van der Waals surface area contributed by atoms with Crippen LogP contribution in [0.2, 0.25) is 0 Å². The van der Waals surface area contributed by atoms with Crippen LogP contribution >= 0.6 is 0 Å². The van der Waals surface area contributed by atoms with E-state index in [4.69, 9.17) is 18.9 Å². The Morgan fingerprint density at radius 1 is 0.950 bits per heavy atom. The van der Waals surface area contributed by atoms with Gasteiger partial charge < -0.3 is 18.9 Å². The molecule has 0 unspecified atom stereocenters. The number of esters is 1. The Kier molecular flexibility index (Phi) is 5.67. The first kappa shape index (κ1) is 16.1. The molecule has 5 nitrogen and oxygen atoms in total. The molecule has 0 saturated heterocycles. The van der Waals surface area contributed by atoms with Crippen molar-refractivity contribution in [1.29, 1.82) is 0 Å². The minimum atomic E-state index is -0.449. The fourth-order valence-electron chi connectivity index (χ4n) is 1.70. The fraction of sp³-hybridized carbons (Fsp3) is 0.533. The predicted molar refractivity (Wildman–Crippen MR) is 75.9 cm³/mol. The number of rotatable bonds is 6. The van der Waals surface area contributed by atoms with Gasteiger partial charge >= 0.3 is 5.97 Å². The van der Waals surface area contributed by atoms with Gasteiger partial charge in [-0.05, 0) is 39.8 Å². The van der Waals surface area contributed by atoms with Crippen molar-refractivity contribution >= 4 is 5.97 Å². The molecule has 112 valence electrons. The minimum Gasteiger partial charge on any atom is -0.490 e. The lowest BCUT2D eigenvalue weighted by Crippen LogP contribution is -2.12. The second kappa shape index (κ2) is 7.03. The summed E-state index contributed by atoms with van der Waals surface area (Å²) in [5.74, 6) is 0.942. The van der Waals surface area contributed by atoms with Gasteiger partial charge in [-0.1, -0.05) is 0 Å². The van der Waals surface area contributed by atoms with Crippen molar-refractivity contribution in [3.63, 3.8) is 0 Å². The van der Waals surface area contributed by atoms with Gasteiger partial charge in [0.1, 0.15) is 0 Å². The summed E-state index contributed by atoms with van der Waals surface area (Å²) in [6.45, 7) is 7.58. The van der Waals surface area contributed by atoms with Crippen molar-refractivity contribution in [3.05, 3.63) is 17.7 Å². The van der Waals surface area contributed by atoms with E-state index in [0.717, 1.165) is 0 Å². The second-order valence-electron chi connectivity index (χ2n) is 4.83. The Morgan fingerprint density at radius 2 is 1.40 bits per heavy atom. The van der Waals surface area contributed by atoms with Gasteiger partial charge in [-0.15, -0.1) is 0 Å². The number of hydrogen-bond donors (Lipinski definition) is 0. The first-order valence-corrected chi connectivity index (χ1v) is 6.52. The summed E-state index contributed by atoms with van der Waals surface area (Å²) < 4.78 is 21.4. The van der Waals surface area contributed by atoms with Crippen LogP contribution in [0, 0.1) is 0 Å². The topological polar surface area (TPSA) is 54.0 Å². The molecule has 1 aromatic carbocycles. The van der Waals surface area contributed by atoms with Crippen LogP contribution in [0.1, 0.15) is 38.1 Å². The molecule has 1 aromatic rings. The van der Waals surface area contributed by atoms with E-state index in [1.807, 2.05) is 27.7 Å². The molecule has 0 N–H and O–H groups in total. The summed E-state index contributed by atoms with van der Waals surface area (Å²) >= 11 is 0. The lowest BCUT2D eigenvalue weighted by Gasteiger charge is -2.19. The number of carbonyl (C=O) groups is 1. The Labute approximate surface area is 119 Å². The first-order valence-electron chi connectivity index (χ1n) is 6.52. The molecule has 0 bridgehead atoms. The van der Waals surface area contributed by atoms with Crippen molar-refractivity contribution in [1.82, 2.24) is 0 Å².